The van der Waals surface area contributed by atoms with Crippen LogP contribution in [0.25, 0.3) is 0 Å². The Morgan fingerprint density at radius 1 is 1.33 bits per heavy atom. The zero-order valence-corrected chi connectivity index (χ0v) is 7.15. The number of sulfone groups is 1. The maximum atomic E-state index is 12.7. The molecule has 1 fully saturated rings. The standard InChI is InChI=1S/C6H10F2O3S/c7-6(8)2-4-12(10,11)3-1-5(6)9/h5,9H,1-4H2. The van der Waals surface area contributed by atoms with Crippen molar-refractivity contribution in [3.63, 3.8) is 0 Å². The lowest BCUT2D eigenvalue weighted by molar-refractivity contribution is -0.108. The number of halogens is 2. The number of aliphatic hydroxyl groups excluding tert-OH is 1. The van der Waals surface area contributed by atoms with Crippen molar-refractivity contribution in [1.29, 1.82) is 0 Å². The van der Waals surface area contributed by atoms with E-state index in [4.69, 9.17) is 5.11 Å². The summed E-state index contributed by atoms with van der Waals surface area (Å²) in [4.78, 5) is 0. The molecule has 12 heavy (non-hydrogen) atoms. The van der Waals surface area contributed by atoms with Gasteiger partial charge in [-0.25, -0.2) is 17.2 Å². The Morgan fingerprint density at radius 2 is 1.92 bits per heavy atom. The van der Waals surface area contributed by atoms with Gasteiger partial charge in [0.1, 0.15) is 6.10 Å². The first kappa shape index (κ1) is 9.85. The SMILES string of the molecule is O=S1(=O)CCC(O)C(F)(F)CC1. The largest absolute Gasteiger partial charge is 0.387 e. The minimum atomic E-state index is -3.36. The van der Waals surface area contributed by atoms with E-state index in [-0.39, 0.29) is 12.2 Å². The first-order chi connectivity index (χ1) is 5.33. The zero-order valence-electron chi connectivity index (χ0n) is 6.33. The van der Waals surface area contributed by atoms with E-state index in [0.29, 0.717) is 0 Å². The normalized spacial score (nSPS) is 34.1. The Bertz CT molecular complexity index is 260. The number of rotatable bonds is 0. The summed E-state index contributed by atoms with van der Waals surface area (Å²) in [5.74, 6) is -4.12. The molecule has 72 valence electrons. The van der Waals surface area contributed by atoms with Crippen molar-refractivity contribution in [2.24, 2.45) is 0 Å². The molecule has 0 radical (unpaired) electrons. The van der Waals surface area contributed by atoms with E-state index in [9.17, 15) is 17.2 Å². The van der Waals surface area contributed by atoms with Gasteiger partial charge in [-0.15, -0.1) is 0 Å². The second kappa shape index (κ2) is 2.92. The van der Waals surface area contributed by atoms with Crippen LogP contribution in [0.1, 0.15) is 12.8 Å². The average molecular weight is 200 g/mol. The van der Waals surface area contributed by atoms with Gasteiger partial charge in [0.2, 0.25) is 0 Å². The Balaban J connectivity index is 2.80. The van der Waals surface area contributed by atoms with E-state index in [1.165, 1.54) is 0 Å². The molecule has 0 bridgehead atoms. The van der Waals surface area contributed by atoms with Crippen LogP contribution in [0.15, 0.2) is 0 Å². The number of hydrogen-bond acceptors (Lipinski definition) is 3. The molecule has 1 saturated heterocycles. The fraction of sp³-hybridized carbons (Fsp3) is 1.00. The molecule has 0 aromatic rings. The van der Waals surface area contributed by atoms with Crippen LogP contribution < -0.4 is 0 Å². The van der Waals surface area contributed by atoms with Crippen LogP contribution in [0.5, 0.6) is 0 Å². The Morgan fingerprint density at radius 3 is 2.50 bits per heavy atom. The van der Waals surface area contributed by atoms with E-state index in [2.05, 4.69) is 0 Å². The van der Waals surface area contributed by atoms with Crippen LogP contribution in [0.2, 0.25) is 0 Å². The average Bonchev–Trinajstić information content (AvgIpc) is 2.03. The molecule has 0 saturated carbocycles. The highest BCUT2D eigenvalue weighted by molar-refractivity contribution is 7.91. The molecule has 1 aliphatic heterocycles. The molecule has 0 aromatic heterocycles. The molecule has 3 nitrogen and oxygen atoms in total. The molecule has 1 atom stereocenters. The maximum absolute atomic E-state index is 12.7. The van der Waals surface area contributed by atoms with Crippen molar-refractivity contribution in [1.82, 2.24) is 0 Å². The third-order valence-corrected chi connectivity index (χ3v) is 3.62. The van der Waals surface area contributed by atoms with Gasteiger partial charge in [0, 0.05) is 6.42 Å². The van der Waals surface area contributed by atoms with Crippen molar-refractivity contribution >= 4 is 9.84 Å². The molecule has 1 rings (SSSR count). The molecule has 1 N–H and O–H groups in total. The van der Waals surface area contributed by atoms with Crippen LogP contribution in [0, 0.1) is 0 Å². The fourth-order valence-electron chi connectivity index (χ4n) is 1.06. The van der Waals surface area contributed by atoms with Gasteiger partial charge in [-0.2, -0.15) is 0 Å². The van der Waals surface area contributed by atoms with Crippen molar-refractivity contribution in [3.05, 3.63) is 0 Å². The van der Waals surface area contributed by atoms with Crippen LogP contribution >= 0.6 is 0 Å². The minimum Gasteiger partial charge on any atom is -0.387 e. The highest BCUT2D eigenvalue weighted by Gasteiger charge is 2.42. The summed E-state index contributed by atoms with van der Waals surface area (Å²) in [5.41, 5.74) is 0. The molecule has 0 aromatic carbocycles. The van der Waals surface area contributed by atoms with E-state index >= 15 is 0 Å². The van der Waals surface area contributed by atoms with Gasteiger partial charge in [0.15, 0.2) is 9.84 Å². The summed E-state index contributed by atoms with van der Waals surface area (Å²) in [6.45, 7) is 0. The predicted octanol–water partition coefficient (Wildman–Crippen LogP) is 0.191. The predicted molar refractivity (Wildman–Crippen MR) is 38.8 cm³/mol. The highest BCUT2D eigenvalue weighted by atomic mass is 32.2. The Hall–Kier alpha value is -0.230. The molecular formula is C6H10F2O3S. The molecule has 0 aliphatic carbocycles. The molecular weight excluding hydrogens is 190 g/mol. The Kier molecular flexibility index (Phi) is 2.40. The van der Waals surface area contributed by atoms with Crippen molar-refractivity contribution in [3.8, 4) is 0 Å². The van der Waals surface area contributed by atoms with Crippen LogP contribution in [0.4, 0.5) is 8.78 Å². The number of alkyl halides is 2. The van der Waals surface area contributed by atoms with Gasteiger partial charge >= 0.3 is 0 Å². The van der Waals surface area contributed by atoms with Gasteiger partial charge < -0.3 is 5.11 Å². The molecule has 1 unspecified atom stereocenters. The van der Waals surface area contributed by atoms with Gasteiger partial charge in [-0.05, 0) is 6.42 Å². The smallest absolute Gasteiger partial charge is 0.274 e. The van der Waals surface area contributed by atoms with Crippen LogP contribution in [0.3, 0.4) is 0 Å². The van der Waals surface area contributed by atoms with Crippen LogP contribution in [-0.2, 0) is 9.84 Å². The quantitative estimate of drug-likeness (QED) is 0.607. The fourth-order valence-corrected chi connectivity index (χ4v) is 2.43. The second-order valence-electron chi connectivity index (χ2n) is 2.97. The van der Waals surface area contributed by atoms with Gasteiger partial charge in [0.25, 0.3) is 5.92 Å². The summed E-state index contributed by atoms with van der Waals surface area (Å²) in [5, 5.41) is 8.83. The molecule has 1 aliphatic rings. The maximum Gasteiger partial charge on any atom is 0.274 e. The van der Waals surface area contributed by atoms with Gasteiger partial charge in [-0.3, -0.25) is 0 Å². The lowest BCUT2D eigenvalue weighted by Gasteiger charge is -2.18. The number of hydrogen-bond donors (Lipinski definition) is 1. The summed E-state index contributed by atoms with van der Waals surface area (Å²) in [6.07, 6.45) is -2.94. The topological polar surface area (TPSA) is 54.4 Å². The second-order valence-corrected chi connectivity index (χ2v) is 5.27. The lowest BCUT2D eigenvalue weighted by atomic mass is 10.1. The molecule has 1 heterocycles. The van der Waals surface area contributed by atoms with Crippen molar-refractivity contribution in [2.45, 2.75) is 24.9 Å². The molecule has 6 heteroatoms. The first-order valence-electron chi connectivity index (χ1n) is 3.60. The summed E-state index contributed by atoms with van der Waals surface area (Å²) < 4.78 is 47.1. The molecule has 0 spiro atoms. The summed E-state index contributed by atoms with van der Waals surface area (Å²) >= 11 is 0. The zero-order chi connectivity index (χ0) is 9.41. The van der Waals surface area contributed by atoms with Crippen molar-refractivity contribution < 1.29 is 22.3 Å². The van der Waals surface area contributed by atoms with Crippen LogP contribution in [-0.4, -0.2) is 37.1 Å². The third-order valence-electron chi connectivity index (χ3n) is 1.94. The van der Waals surface area contributed by atoms with E-state index in [1.807, 2.05) is 0 Å². The monoisotopic (exact) mass is 200 g/mol. The van der Waals surface area contributed by atoms with E-state index in [0.717, 1.165) is 0 Å². The summed E-state index contributed by atoms with van der Waals surface area (Å²) in [6, 6.07) is 0. The first-order valence-corrected chi connectivity index (χ1v) is 5.42. The van der Waals surface area contributed by atoms with Gasteiger partial charge in [0.05, 0.1) is 11.5 Å². The highest BCUT2D eigenvalue weighted by Crippen LogP contribution is 2.29. The third kappa shape index (κ3) is 2.13. The number of aliphatic hydroxyl groups is 1. The van der Waals surface area contributed by atoms with E-state index < -0.39 is 34.0 Å². The molecule has 0 amide bonds. The summed E-state index contributed by atoms with van der Waals surface area (Å²) in [7, 11) is -3.36. The Labute approximate surface area is 69.3 Å². The van der Waals surface area contributed by atoms with E-state index in [1.54, 1.807) is 0 Å². The minimum absolute atomic E-state index is 0.343. The lowest BCUT2D eigenvalue weighted by Crippen LogP contribution is -2.32. The van der Waals surface area contributed by atoms with Gasteiger partial charge in [-0.1, -0.05) is 0 Å². The van der Waals surface area contributed by atoms with Crippen molar-refractivity contribution in [2.75, 3.05) is 11.5 Å².